The van der Waals surface area contributed by atoms with E-state index in [9.17, 15) is 15.0 Å². The summed E-state index contributed by atoms with van der Waals surface area (Å²) in [5.41, 5.74) is 0.362. The summed E-state index contributed by atoms with van der Waals surface area (Å²) >= 11 is 0. The molecule has 0 aromatic carbocycles. The smallest absolute Gasteiger partial charge is 0.317 e. The average molecular weight is 344 g/mol. The maximum absolute atomic E-state index is 12.9. The van der Waals surface area contributed by atoms with E-state index in [0.29, 0.717) is 29.6 Å². The molecule has 2 bridgehead atoms. The van der Waals surface area contributed by atoms with E-state index >= 15 is 0 Å². The molecule has 4 aliphatic carbocycles. The van der Waals surface area contributed by atoms with Gasteiger partial charge in [-0.3, -0.25) is 4.79 Å². The molecule has 5 rings (SSSR count). The number of hydrogen-bond donors (Lipinski definition) is 2. The van der Waals surface area contributed by atoms with Gasteiger partial charge in [0.25, 0.3) is 0 Å². The molecule has 0 amide bonds. The Kier molecular flexibility index (Phi) is 3.20. The number of carbonyl (C=O) groups excluding carboxylic acids is 1. The van der Waals surface area contributed by atoms with Crippen molar-refractivity contribution in [2.24, 2.45) is 34.5 Å². The number of ether oxygens (including phenoxy) is 1. The lowest BCUT2D eigenvalue weighted by Gasteiger charge is -2.56. The second-order valence-corrected chi connectivity index (χ2v) is 9.29. The lowest BCUT2D eigenvalue weighted by molar-refractivity contribution is -0.153. The van der Waals surface area contributed by atoms with E-state index in [2.05, 4.69) is 25.7 Å². The quantitative estimate of drug-likeness (QED) is 0.567. The molecule has 4 fully saturated rings. The molecule has 0 aromatic rings. The van der Waals surface area contributed by atoms with Crippen LogP contribution in [0, 0.1) is 34.5 Å². The molecule has 0 radical (unpaired) electrons. The Balaban J connectivity index is 1.58. The first-order valence-corrected chi connectivity index (χ1v) is 9.84. The minimum absolute atomic E-state index is 0.198. The van der Waals surface area contributed by atoms with Crippen molar-refractivity contribution in [1.82, 2.24) is 0 Å². The van der Waals surface area contributed by atoms with Crippen LogP contribution in [-0.4, -0.2) is 34.5 Å². The summed E-state index contributed by atoms with van der Waals surface area (Å²) in [6.07, 6.45) is 7.72. The number of aliphatic hydroxyl groups excluding tert-OH is 2. The molecule has 0 aromatic heterocycles. The molecule has 1 aliphatic heterocycles. The van der Waals surface area contributed by atoms with Crippen LogP contribution in [0.2, 0.25) is 0 Å². The third-order valence-electron chi connectivity index (χ3n) is 8.72. The van der Waals surface area contributed by atoms with Gasteiger partial charge in [-0.25, -0.2) is 0 Å². The summed E-state index contributed by atoms with van der Waals surface area (Å²) < 4.78 is 5.55. The third-order valence-corrected chi connectivity index (χ3v) is 8.72. The van der Waals surface area contributed by atoms with Gasteiger partial charge in [0.15, 0.2) is 0 Å². The minimum Gasteiger partial charge on any atom is -0.459 e. The fourth-order valence-electron chi connectivity index (χ4n) is 7.50. The first kappa shape index (κ1) is 16.1. The van der Waals surface area contributed by atoms with Crippen molar-refractivity contribution in [1.29, 1.82) is 0 Å². The maximum atomic E-state index is 12.9. The summed E-state index contributed by atoms with van der Waals surface area (Å²) in [6.45, 7) is 6.48. The van der Waals surface area contributed by atoms with Crippen LogP contribution in [0.15, 0.2) is 24.3 Å². The summed E-state index contributed by atoms with van der Waals surface area (Å²) in [5.74, 6) is 1.70. The van der Waals surface area contributed by atoms with Gasteiger partial charge in [0.2, 0.25) is 0 Å². The molecule has 3 saturated carbocycles. The molecule has 5 aliphatic rings. The maximum Gasteiger partial charge on any atom is 0.317 e. The van der Waals surface area contributed by atoms with Crippen LogP contribution in [0.4, 0.5) is 0 Å². The van der Waals surface area contributed by atoms with Crippen molar-refractivity contribution in [2.45, 2.75) is 63.8 Å². The van der Waals surface area contributed by atoms with E-state index in [4.69, 9.17) is 4.74 Å². The summed E-state index contributed by atoms with van der Waals surface area (Å²) in [4.78, 5) is 12.9. The lowest BCUT2D eigenvalue weighted by atomic mass is 9.47. The van der Waals surface area contributed by atoms with Crippen LogP contribution in [0.1, 0.15) is 45.4 Å². The zero-order valence-electron chi connectivity index (χ0n) is 14.9. The molecule has 1 spiro atoms. The number of fused-ring (bicyclic) bond motifs is 4. The number of esters is 1. The van der Waals surface area contributed by atoms with Crippen LogP contribution in [-0.2, 0) is 9.53 Å². The molecular weight excluding hydrogens is 316 g/mol. The van der Waals surface area contributed by atoms with E-state index in [1.165, 1.54) is 12.8 Å². The number of carbonyl (C=O) groups is 1. The van der Waals surface area contributed by atoms with E-state index in [1.54, 1.807) is 0 Å². The van der Waals surface area contributed by atoms with Gasteiger partial charge in [-0.05, 0) is 66.8 Å². The molecule has 1 heterocycles. The summed E-state index contributed by atoms with van der Waals surface area (Å²) in [7, 11) is 0. The van der Waals surface area contributed by atoms with Crippen LogP contribution in [0.25, 0.3) is 0 Å². The molecule has 25 heavy (non-hydrogen) atoms. The van der Waals surface area contributed by atoms with E-state index in [0.717, 1.165) is 24.8 Å². The highest BCUT2D eigenvalue weighted by Gasteiger charge is 2.68. The molecule has 9 unspecified atom stereocenters. The molecule has 136 valence electrons. The molecule has 4 nitrogen and oxygen atoms in total. The van der Waals surface area contributed by atoms with Gasteiger partial charge < -0.3 is 14.9 Å². The van der Waals surface area contributed by atoms with E-state index < -0.39 is 23.7 Å². The predicted octanol–water partition coefficient (Wildman–Crippen LogP) is 2.60. The van der Waals surface area contributed by atoms with Crippen molar-refractivity contribution >= 4 is 5.97 Å². The van der Waals surface area contributed by atoms with E-state index in [1.807, 2.05) is 0 Å². The Morgan fingerprint density at radius 2 is 2.08 bits per heavy atom. The topological polar surface area (TPSA) is 66.8 Å². The standard InChI is InChI=1S/C21H28O4/c1-3-11-4-6-13-12-5-7-15-17(22)18(23)16-10-21(15,19(24)25-16)14(12)8-9-20(11,13)2/h3,7,11-14,16-18,22-23H,1,4-6,8-10H2,2H3. The normalized spacial score (nSPS) is 56.4. The Morgan fingerprint density at radius 1 is 1.28 bits per heavy atom. The number of allylic oxidation sites excluding steroid dienone is 2. The van der Waals surface area contributed by atoms with Gasteiger partial charge in [-0.15, -0.1) is 6.58 Å². The average Bonchev–Trinajstić information content (AvgIpc) is 3.09. The largest absolute Gasteiger partial charge is 0.459 e. The summed E-state index contributed by atoms with van der Waals surface area (Å²) in [5, 5.41) is 20.9. The van der Waals surface area contributed by atoms with Crippen molar-refractivity contribution < 1.29 is 19.7 Å². The Bertz CT molecular complexity index is 669. The lowest BCUT2D eigenvalue weighted by Crippen LogP contribution is -2.56. The van der Waals surface area contributed by atoms with Gasteiger partial charge in [0.05, 0.1) is 5.41 Å². The third kappa shape index (κ3) is 1.73. The van der Waals surface area contributed by atoms with Gasteiger partial charge >= 0.3 is 5.97 Å². The fourth-order valence-corrected chi connectivity index (χ4v) is 7.50. The van der Waals surface area contributed by atoms with Gasteiger partial charge in [0.1, 0.15) is 18.3 Å². The van der Waals surface area contributed by atoms with Gasteiger partial charge in [-0.1, -0.05) is 19.1 Å². The zero-order chi connectivity index (χ0) is 17.6. The highest BCUT2D eigenvalue weighted by atomic mass is 16.6. The Morgan fingerprint density at radius 3 is 2.84 bits per heavy atom. The molecule has 9 atom stereocenters. The van der Waals surface area contributed by atoms with Crippen LogP contribution < -0.4 is 0 Å². The monoisotopic (exact) mass is 344 g/mol. The van der Waals surface area contributed by atoms with Crippen LogP contribution in [0.5, 0.6) is 0 Å². The van der Waals surface area contributed by atoms with Crippen molar-refractivity contribution in [3.63, 3.8) is 0 Å². The minimum atomic E-state index is -0.979. The van der Waals surface area contributed by atoms with Crippen LogP contribution >= 0.6 is 0 Å². The van der Waals surface area contributed by atoms with Crippen molar-refractivity contribution in [2.75, 3.05) is 0 Å². The van der Waals surface area contributed by atoms with Gasteiger partial charge in [-0.2, -0.15) is 0 Å². The SMILES string of the molecule is C=CC1CCC2C3CC=C4C(O)C(O)C5CC4(C(=O)O5)C3CCC12C. The number of hydrogen-bond acceptors (Lipinski definition) is 4. The molecule has 1 saturated heterocycles. The second kappa shape index (κ2) is 4.98. The highest BCUT2D eigenvalue weighted by Crippen LogP contribution is 2.68. The van der Waals surface area contributed by atoms with Gasteiger partial charge in [0, 0.05) is 6.42 Å². The Labute approximate surface area is 148 Å². The molecule has 2 N–H and O–H groups in total. The summed E-state index contributed by atoms with van der Waals surface area (Å²) in [6, 6.07) is 0. The van der Waals surface area contributed by atoms with Crippen molar-refractivity contribution in [3.8, 4) is 0 Å². The first-order chi connectivity index (χ1) is 11.9. The van der Waals surface area contributed by atoms with Crippen LogP contribution in [0.3, 0.4) is 0 Å². The fraction of sp³-hybridized carbons (Fsp3) is 0.762. The predicted molar refractivity (Wildman–Crippen MR) is 92.4 cm³/mol. The Hall–Kier alpha value is -1.13. The number of aliphatic hydroxyl groups is 2. The molecular formula is C21H28O4. The molecule has 4 heteroatoms. The van der Waals surface area contributed by atoms with Crippen molar-refractivity contribution in [3.05, 3.63) is 24.3 Å². The van der Waals surface area contributed by atoms with E-state index in [-0.39, 0.29) is 11.9 Å². The number of rotatable bonds is 1. The highest BCUT2D eigenvalue weighted by molar-refractivity contribution is 5.85. The zero-order valence-corrected chi connectivity index (χ0v) is 14.9. The first-order valence-electron chi connectivity index (χ1n) is 9.84. The second-order valence-electron chi connectivity index (χ2n) is 9.29.